The number of halogens is 16. The molecule has 0 fully saturated rings. The van der Waals surface area contributed by atoms with Crippen molar-refractivity contribution in [1.29, 1.82) is 0 Å². The van der Waals surface area contributed by atoms with Crippen LogP contribution in [-0.4, -0.2) is 31.4 Å². The maximum Gasteiger partial charge on any atom is 2.00 e. The molecule has 19 heteroatoms. The standard InChI is InChI=1S/C13H6F15OSi.ClH.Mg/c1-30(2,29)8-6(12(23,24)25)4(10(17,18)19)3(9(14,15)16)5(11(20,21)22)7(8)13(26,27)28;;/h1-2H3;1H;/q-1;;+2/p-1. The van der Waals surface area contributed by atoms with Gasteiger partial charge in [0.1, 0.15) is 0 Å². The first-order valence-corrected chi connectivity index (χ1v) is 9.95. The van der Waals surface area contributed by atoms with Crippen LogP contribution in [-0.2, 0) is 30.9 Å². The van der Waals surface area contributed by atoms with Gasteiger partial charge in [0.05, 0.1) is 27.8 Å². The van der Waals surface area contributed by atoms with Crippen LogP contribution in [0.1, 0.15) is 27.8 Å². The van der Waals surface area contributed by atoms with E-state index in [1.54, 1.807) is 0 Å². The third kappa shape index (κ3) is 6.72. The van der Waals surface area contributed by atoms with E-state index in [0.29, 0.717) is 0 Å². The number of rotatable bonds is 1. The summed E-state index contributed by atoms with van der Waals surface area (Å²) in [6.45, 7) is -0.0270. The average molecular weight is 551 g/mol. The van der Waals surface area contributed by atoms with Gasteiger partial charge in [0, 0.05) is 0 Å². The zero-order valence-electron chi connectivity index (χ0n) is 15.2. The molecule has 0 aliphatic rings. The number of hydrogen-bond acceptors (Lipinski definition) is 1. The van der Waals surface area contributed by atoms with Crippen molar-refractivity contribution in [3.63, 3.8) is 0 Å². The molecule has 0 heterocycles. The molecule has 0 atom stereocenters. The summed E-state index contributed by atoms with van der Waals surface area (Å²) in [5.41, 5.74) is -19.8. The van der Waals surface area contributed by atoms with Crippen molar-refractivity contribution >= 4 is 36.6 Å². The second-order valence-electron chi connectivity index (χ2n) is 6.25. The predicted molar refractivity (Wildman–Crippen MR) is 74.3 cm³/mol. The molecule has 0 radical (unpaired) electrons. The first kappa shape index (κ1) is 33.6. The van der Waals surface area contributed by atoms with Crippen LogP contribution in [0.15, 0.2) is 0 Å². The van der Waals surface area contributed by atoms with Crippen LogP contribution in [0, 0.1) is 0 Å². The molecule has 0 unspecified atom stereocenters. The van der Waals surface area contributed by atoms with E-state index in [0.717, 1.165) is 0 Å². The fraction of sp³-hybridized carbons (Fsp3) is 0.538. The molecule has 0 bridgehead atoms. The summed E-state index contributed by atoms with van der Waals surface area (Å²) in [4.78, 5) is 12.1. The summed E-state index contributed by atoms with van der Waals surface area (Å²) in [6.07, 6.45) is -34.0. The van der Waals surface area contributed by atoms with Crippen LogP contribution in [0.4, 0.5) is 65.9 Å². The molecular formula is C13H6ClF15MgOSi. The van der Waals surface area contributed by atoms with Gasteiger partial charge in [0.2, 0.25) is 0 Å². The van der Waals surface area contributed by atoms with Crippen molar-refractivity contribution in [2.24, 2.45) is 0 Å². The summed E-state index contributed by atoms with van der Waals surface area (Å²) in [6, 6.07) is 0. The minimum absolute atomic E-state index is 0. The molecule has 1 nitrogen and oxygen atoms in total. The third-order valence-corrected chi connectivity index (χ3v) is 5.22. The molecule has 0 amide bonds. The molecule has 0 aliphatic carbocycles. The van der Waals surface area contributed by atoms with E-state index in [1.165, 1.54) is 0 Å². The van der Waals surface area contributed by atoms with Gasteiger partial charge in [-0.15, -0.1) is 0 Å². The molecule has 0 aromatic heterocycles. The zero-order valence-corrected chi connectivity index (χ0v) is 18.3. The van der Waals surface area contributed by atoms with Gasteiger partial charge in [0.25, 0.3) is 0 Å². The van der Waals surface area contributed by atoms with Gasteiger partial charge in [-0.05, 0) is 8.32 Å². The topological polar surface area (TPSA) is 23.1 Å². The first-order chi connectivity index (χ1) is 12.7. The molecular weight excluding hydrogens is 545 g/mol. The van der Waals surface area contributed by atoms with Crippen LogP contribution in [0.5, 0.6) is 0 Å². The Morgan fingerprint density at radius 3 is 0.750 bits per heavy atom. The zero-order chi connectivity index (χ0) is 24.5. The Labute approximate surface area is 191 Å². The van der Waals surface area contributed by atoms with E-state index in [-0.39, 0.29) is 48.6 Å². The molecule has 0 aliphatic heterocycles. The van der Waals surface area contributed by atoms with Crippen molar-refractivity contribution in [2.45, 2.75) is 44.0 Å². The fourth-order valence-corrected chi connectivity index (χ4v) is 4.51. The van der Waals surface area contributed by atoms with Gasteiger partial charge < -0.3 is 17.2 Å². The van der Waals surface area contributed by atoms with Gasteiger partial charge in [-0.25, -0.2) is 0 Å². The van der Waals surface area contributed by atoms with Gasteiger partial charge in [0.15, 0.2) is 0 Å². The maximum atomic E-state index is 13.3. The van der Waals surface area contributed by atoms with E-state index < -0.39 is 72.2 Å². The van der Waals surface area contributed by atoms with Crippen molar-refractivity contribution in [2.75, 3.05) is 0 Å². The summed E-state index contributed by atoms with van der Waals surface area (Å²) < 4.78 is 198. The molecule has 1 aromatic rings. The SMILES string of the molecule is C[Si](C)([O-])c1c(C(F)(F)F)c(C(F)(F)F)c(C(F)(F)F)c(C(F)(F)F)c1C(F)(F)F.[Cl-].[Mg+2]. The molecule has 182 valence electrons. The Kier molecular flexibility index (Phi) is 9.67. The Hall–Kier alpha value is -0.597. The van der Waals surface area contributed by atoms with E-state index in [2.05, 4.69) is 0 Å². The Morgan fingerprint density at radius 2 is 0.625 bits per heavy atom. The fourth-order valence-electron chi connectivity index (χ4n) is 2.77. The largest absolute Gasteiger partial charge is 2.00 e. The van der Waals surface area contributed by atoms with Crippen LogP contribution >= 0.6 is 0 Å². The van der Waals surface area contributed by atoms with Gasteiger partial charge in [-0.1, -0.05) is 18.3 Å². The van der Waals surface area contributed by atoms with E-state index in [4.69, 9.17) is 0 Å². The predicted octanol–water partition coefficient (Wildman–Crippen LogP) is 2.18. The Bertz CT molecular complexity index is 629. The van der Waals surface area contributed by atoms with Crippen molar-refractivity contribution in [3.05, 3.63) is 27.8 Å². The van der Waals surface area contributed by atoms with Crippen LogP contribution < -0.4 is 22.4 Å². The minimum atomic E-state index is -6.96. The quantitative estimate of drug-likeness (QED) is 0.388. The normalized spacial score (nSPS) is 14.1. The number of alkyl halides is 15. The van der Waals surface area contributed by atoms with E-state index in [9.17, 15) is 70.7 Å². The molecule has 0 saturated carbocycles. The Balaban J connectivity index is 0. The summed E-state index contributed by atoms with van der Waals surface area (Å²) in [5.74, 6) is 0. The second kappa shape index (κ2) is 9.22. The smallest absolute Gasteiger partial charge is 1.00 e. The molecule has 1 rings (SSSR count). The number of benzene rings is 1. The molecule has 32 heavy (non-hydrogen) atoms. The molecule has 0 N–H and O–H groups in total. The van der Waals surface area contributed by atoms with E-state index >= 15 is 0 Å². The van der Waals surface area contributed by atoms with Gasteiger partial charge in [-0.3, -0.25) is 0 Å². The molecule has 1 aromatic carbocycles. The second-order valence-corrected chi connectivity index (χ2v) is 9.77. The van der Waals surface area contributed by atoms with Crippen LogP contribution in [0.2, 0.25) is 13.1 Å². The number of hydrogen-bond donors (Lipinski definition) is 0. The summed E-state index contributed by atoms with van der Waals surface area (Å²) in [7, 11) is -5.70. The average Bonchev–Trinajstić information content (AvgIpc) is 2.37. The third-order valence-electron chi connectivity index (χ3n) is 3.52. The summed E-state index contributed by atoms with van der Waals surface area (Å²) in [5, 5.41) is -3.02. The van der Waals surface area contributed by atoms with Gasteiger partial charge in [-0.2, -0.15) is 65.9 Å². The molecule has 0 spiro atoms. The molecule has 0 saturated heterocycles. The van der Waals surface area contributed by atoms with Crippen LogP contribution in [0.3, 0.4) is 0 Å². The van der Waals surface area contributed by atoms with Crippen molar-refractivity contribution < 1.29 is 83.1 Å². The summed E-state index contributed by atoms with van der Waals surface area (Å²) >= 11 is 0. The maximum absolute atomic E-state index is 13.3. The van der Waals surface area contributed by atoms with Crippen molar-refractivity contribution in [3.8, 4) is 0 Å². The van der Waals surface area contributed by atoms with Crippen LogP contribution in [0.25, 0.3) is 0 Å². The first-order valence-electron chi connectivity index (χ1n) is 7.04. The Morgan fingerprint density at radius 1 is 0.469 bits per heavy atom. The minimum Gasteiger partial charge on any atom is -1.00 e. The van der Waals surface area contributed by atoms with Crippen molar-refractivity contribution in [1.82, 2.24) is 0 Å². The monoisotopic (exact) mass is 550 g/mol. The van der Waals surface area contributed by atoms with Gasteiger partial charge >= 0.3 is 53.9 Å². The van der Waals surface area contributed by atoms with E-state index in [1.807, 2.05) is 0 Å².